The van der Waals surface area contributed by atoms with Gasteiger partial charge in [0.05, 0.1) is 5.92 Å². The second-order valence-electron chi connectivity index (χ2n) is 12.6. The fraction of sp³-hybridized carbons (Fsp3) is 0.500. The summed E-state index contributed by atoms with van der Waals surface area (Å²) in [4.78, 5) is 57.1. The van der Waals surface area contributed by atoms with Crippen LogP contribution in [0.4, 0.5) is 4.79 Å². The molecule has 4 rings (SSSR count). The number of amides is 3. The molecule has 10 heteroatoms. The number of aromatic nitrogens is 1. The Hall–Kier alpha value is -4.21. The number of nitrogens with one attached hydrogen (secondary N) is 2. The van der Waals surface area contributed by atoms with Crippen LogP contribution in [0, 0.1) is 11.8 Å². The van der Waals surface area contributed by atoms with Crippen LogP contribution in [0.25, 0.3) is 11.1 Å². The van der Waals surface area contributed by atoms with E-state index in [1.165, 1.54) is 0 Å². The number of piperidine rings is 1. The molecule has 2 aromatic carbocycles. The molecule has 236 valence electrons. The van der Waals surface area contributed by atoms with Gasteiger partial charge in [0.1, 0.15) is 11.1 Å². The Balaban J connectivity index is 1.17. The van der Waals surface area contributed by atoms with Crippen LogP contribution in [0.5, 0.6) is 0 Å². The van der Waals surface area contributed by atoms with Crippen LogP contribution in [0.15, 0.2) is 59.0 Å². The van der Waals surface area contributed by atoms with Gasteiger partial charge >= 0.3 is 6.09 Å². The van der Waals surface area contributed by atoms with E-state index in [2.05, 4.69) is 15.6 Å². The number of likely N-dealkylation sites (tertiary alicyclic amines) is 1. The van der Waals surface area contributed by atoms with Gasteiger partial charge in [0.15, 0.2) is 5.58 Å². The lowest BCUT2D eigenvalue weighted by Gasteiger charge is -2.33. The zero-order valence-corrected chi connectivity index (χ0v) is 26.1. The summed E-state index contributed by atoms with van der Waals surface area (Å²) in [6, 6.07) is 16.7. The zero-order valence-electron chi connectivity index (χ0n) is 26.1. The first-order valence-corrected chi connectivity index (χ1v) is 15.5. The highest BCUT2D eigenvalue weighted by molar-refractivity contribution is 5.99. The van der Waals surface area contributed by atoms with Gasteiger partial charge in [0.25, 0.3) is 5.89 Å². The maximum atomic E-state index is 13.4. The molecule has 2 atom stereocenters. The molecule has 0 saturated carbocycles. The van der Waals surface area contributed by atoms with E-state index < -0.39 is 11.5 Å². The summed E-state index contributed by atoms with van der Waals surface area (Å²) in [5.74, 6) is -0.796. The van der Waals surface area contributed by atoms with Crippen LogP contribution in [-0.4, -0.2) is 65.4 Å². The van der Waals surface area contributed by atoms with Gasteiger partial charge in [-0.25, -0.2) is 9.78 Å². The molecule has 2 unspecified atom stereocenters. The summed E-state index contributed by atoms with van der Waals surface area (Å²) in [6.45, 7) is 9.31. The summed E-state index contributed by atoms with van der Waals surface area (Å²) in [5, 5.41) is 5.96. The maximum absolute atomic E-state index is 13.4. The number of rotatable bonds is 12. The lowest BCUT2D eigenvalue weighted by Crippen LogP contribution is -2.45. The number of hydrogen-bond donors (Lipinski definition) is 2. The van der Waals surface area contributed by atoms with E-state index in [1.807, 2.05) is 70.2 Å². The van der Waals surface area contributed by atoms with E-state index >= 15 is 0 Å². The van der Waals surface area contributed by atoms with E-state index in [0.717, 1.165) is 5.56 Å². The summed E-state index contributed by atoms with van der Waals surface area (Å²) >= 11 is 0. The highest BCUT2D eigenvalue weighted by atomic mass is 16.6. The van der Waals surface area contributed by atoms with Crippen molar-refractivity contribution in [3.63, 3.8) is 0 Å². The molecule has 1 aromatic heterocycles. The Bertz CT molecular complexity index is 1390. The van der Waals surface area contributed by atoms with Gasteiger partial charge in [0, 0.05) is 38.5 Å². The largest absolute Gasteiger partial charge is 0.444 e. The second kappa shape index (κ2) is 15.0. The molecular weight excluding hydrogens is 560 g/mol. The van der Waals surface area contributed by atoms with Crippen LogP contribution in [0.1, 0.15) is 82.0 Å². The van der Waals surface area contributed by atoms with Crippen molar-refractivity contribution >= 4 is 34.8 Å². The molecule has 1 saturated heterocycles. The Morgan fingerprint density at radius 2 is 1.66 bits per heavy atom. The molecule has 2 heterocycles. The molecule has 3 amide bonds. The molecule has 1 aliphatic heterocycles. The van der Waals surface area contributed by atoms with Gasteiger partial charge in [0.2, 0.25) is 17.6 Å². The Morgan fingerprint density at radius 3 is 2.34 bits per heavy atom. The van der Waals surface area contributed by atoms with Crippen molar-refractivity contribution in [1.82, 2.24) is 20.5 Å². The molecule has 1 aliphatic rings. The summed E-state index contributed by atoms with van der Waals surface area (Å²) in [7, 11) is 0. The van der Waals surface area contributed by atoms with Crippen molar-refractivity contribution in [2.75, 3.05) is 26.2 Å². The quantitative estimate of drug-likeness (QED) is 0.262. The third-order valence-electron chi connectivity index (χ3n) is 7.78. The Morgan fingerprint density at radius 1 is 0.977 bits per heavy atom. The Labute approximate surface area is 258 Å². The van der Waals surface area contributed by atoms with E-state index in [-0.39, 0.29) is 41.4 Å². The monoisotopic (exact) mass is 604 g/mol. The standard InChI is InChI=1S/C34H44N4O6/c1-23(22-36-31(41)25-17-20-38(21-18-25)33(42)44-34(2,3)4)14-15-29(39)35-19-16-26(24-10-6-5-7-11-24)30(40)32-37-27-12-8-9-13-28(27)43-32/h5-13,23,25-26H,14-22H2,1-4H3,(H,35,39)(H,36,41). The number of ether oxygens (including phenoxy) is 1. The highest BCUT2D eigenvalue weighted by Crippen LogP contribution is 2.26. The first kappa shape index (κ1) is 32.7. The van der Waals surface area contributed by atoms with Gasteiger partial charge < -0.3 is 24.7 Å². The number of carbonyl (C=O) groups is 4. The number of carbonyl (C=O) groups excluding carboxylic acids is 4. The minimum absolute atomic E-state index is 0.0132. The van der Waals surface area contributed by atoms with Crippen molar-refractivity contribution < 1.29 is 28.3 Å². The van der Waals surface area contributed by atoms with E-state index in [0.29, 0.717) is 69.4 Å². The van der Waals surface area contributed by atoms with Crippen LogP contribution >= 0.6 is 0 Å². The number of para-hydroxylation sites is 2. The van der Waals surface area contributed by atoms with Crippen LogP contribution in [-0.2, 0) is 14.3 Å². The highest BCUT2D eigenvalue weighted by Gasteiger charge is 2.30. The molecule has 0 bridgehead atoms. The molecule has 0 radical (unpaired) electrons. The second-order valence-corrected chi connectivity index (χ2v) is 12.6. The lowest BCUT2D eigenvalue weighted by molar-refractivity contribution is -0.126. The van der Waals surface area contributed by atoms with Gasteiger partial charge in [-0.2, -0.15) is 0 Å². The van der Waals surface area contributed by atoms with Gasteiger partial charge in [-0.05, 0) is 70.1 Å². The Kier molecular flexibility index (Phi) is 11.1. The minimum Gasteiger partial charge on any atom is -0.444 e. The normalized spacial score (nSPS) is 15.4. The lowest BCUT2D eigenvalue weighted by atomic mass is 9.91. The predicted molar refractivity (Wildman–Crippen MR) is 167 cm³/mol. The number of hydrogen-bond acceptors (Lipinski definition) is 7. The summed E-state index contributed by atoms with van der Waals surface area (Å²) in [5.41, 5.74) is 1.49. The number of ketones is 1. The number of Topliss-reactive ketones (excluding diaryl/α,β-unsaturated/α-hetero) is 1. The zero-order chi connectivity index (χ0) is 31.7. The number of oxazole rings is 1. The third-order valence-corrected chi connectivity index (χ3v) is 7.78. The van der Waals surface area contributed by atoms with E-state index in [4.69, 9.17) is 9.15 Å². The number of nitrogens with zero attached hydrogens (tertiary/aromatic N) is 2. The van der Waals surface area contributed by atoms with E-state index in [1.54, 1.807) is 17.0 Å². The number of benzene rings is 2. The molecule has 10 nitrogen and oxygen atoms in total. The first-order valence-electron chi connectivity index (χ1n) is 15.5. The molecule has 2 N–H and O–H groups in total. The van der Waals surface area contributed by atoms with Gasteiger partial charge in [-0.1, -0.05) is 49.4 Å². The fourth-order valence-corrected chi connectivity index (χ4v) is 5.25. The van der Waals surface area contributed by atoms with Crippen molar-refractivity contribution in [3.05, 3.63) is 66.1 Å². The first-order chi connectivity index (χ1) is 21.0. The average molecular weight is 605 g/mol. The predicted octanol–water partition coefficient (Wildman–Crippen LogP) is 5.48. The topological polar surface area (TPSA) is 131 Å². The fourth-order valence-electron chi connectivity index (χ4n) is 5.25. The minimum atomic E-state index is -0.546. The maximum Gasteiger partial charge on any atom is 0.410 e. The van der Waals surface area contributed by atoms with Crippen LogP contribution < -0.4 is 10.6 Å². The molecule has 0 spiro atoms. The third kappa shape index (κ3) is 9.39. The van der Waals surface area contributed by atoms with Crippen LogP contribution in [0.3, 0.4) is 0 Å². The van der Waals surface area contributed by atoms with E-state index in [9.17, 15) is 19.2 Å². The smallest absolute Gasteiger partial charge is 0.410 e. The van der Waals surface area contributed by atoms with Crippen molar-refractivity contribution in [2.45, 2.75) is 71.3 Å². The molecule has 1 fully saturated rings. The number of fused-ring (bicyclic) bond motifs is 1. The molecular formula is C34H44N4O6. The molecule has 0 aliphatic carbocycles. The molecule has 3 aromatic rings. The molecule has 44 heavy (non-hydrogen) atoms. The SMILES string of the molecule is CC(CCC(=O)NCCC(C(=O)c1nc2ccccc2o1)c1ccccc1)CNC(=O)C1CCN(C(=O)OC(C)(C)C)CC1. The van der Waals surface area contributed by atoms with Crippen molar-refractivity contribution in [1.29, 1.82) is 0 Å². The summed E-state index contributed by atoms with van der Waals surface area (Å²) in [6.07, 6.45) is 2.20. The van der Waals surface area contributed by atoms with Gasteiger partial charge in [-0.15, -0.1) is 0 Å². The average Bonchev–Trinajstić information content (AvgIpc) is 3.45. The van der Waals surface area contributed by atoms with Gasteiger partial charge in [-0.3, -0.25) is 14.4 Å². The van der Waals surface area contributed by atoms with Crippen LogP contribution in [0.2, 0.25) is 0 Å². The van der Waals surface area contributed by atoms with Crippen molar-refractivity contribution in [3.8, 4) is 0 Å². The van der Waals surface area contributed by atoms with Crippen molar-refractivity contribution in [2.24, 2.45) is 11.8 Å². The summed E-state index contributed by atoms with van der Waals surface area (Å²) < 4.78 is 11.2.